The Morgan fingerprint density at radius 3 is 2.70 bits per heavy atom. The molecule has 0 radical (unpaired) electrons. The lowest BCUT2D eigenvalue weighted by molar-refractivity contribution is 0.0951. The van der Waals surface area contributed by atoms with E-state index in [2.05, 4.69) is 29.5 Å². The number of nitrogens with zero attached hydrogens (tertiary/aromatic N) is 1. The largest absolute Gasteiger partial charge is 0.382 e. The third-order valence-corrected chi connectivity index (χ3v) is 3.24. The van der Waals surface area contributed by atoms with Crippen LogP contribution in [0.15, 0.2) is 18.3 Å². The number of rotatable bonds is 9. The van der Waals surface area contributed by atoms with Gasteiger partial charge in [-0.3, -0.25) is 9.78 Å². The molecule has 1 rings (SSSR count). The van der Waals surface area contributed by atoms with Crippen LogP contribution in [0, 0.1) is 0 Å². The van der Waals surface area contributed by atoms with E-state index in [4.69, 9.17) is 0 Å². The molecule has 1 aromatic rings. The van der Waals surface area contributed by atoms with E-state index in [0.717, 1.165) is 18.5 Å². The Morgan fingerprint density at radius 2 is 2.05 bits per heavy atom. The van der Waals surface area contributed by atoms with Crippen molar-refractivity contribution in [3.8, 4) is 0 Å². The molecule has 20 heavy (non-hydrogen) atoms. The number of amides is 1. The van der Waals surface area contributed by atoms with Crippen molar-refractivity contribution in [2.45, 2.75) is 58.9 Å². The number of carbonyl (C=O) groups excluding carboxylic acids is 1. The second-order valence-corrected chi connectivity index (χ2v) is 5.06. The summed E-state index contributed by atoms with van der Waals surface area (Å²) in [6.45, 7) is 6.94. The number of aromatic nitrogens is 1. The van der Waals surface area contributed by atoms with Gasteiger partial charge in [-0.25, -0.2) is 0 Å². The summed E-state index contributed by atoms with van der Waals surface area (Å²) in [6, 6.07) is 4.24. The van der Waals surface area contributed by atoms with Gasteiger partial charge in [0.05, 0.1) is 0 Å². The van der Waals surface area contributed by atoms with Crippen LogP contribution in [-0.4, -0.2) is 23.5 Å². The van der Waals surface area contributed by atoms with E-state index in [1.54, 1.807) is 6.20 Å². The van der Waals surface area contributed by atoms with Gasteiger partial charge in [-0.1, -0.05) is 33.1 Å². The van der Waals surface area contributed by atoms with Crippen LogP contribution in [0.25, 0.3) is 0 Å². The lowest BCUT2D eigenvalue weighted by atomic mass is 10.0. The molecular formula is C16H27N3O. The van der Waals surface area contributed by atoms with Gasteiger partial charge in [0.25, 0.3) is 5.91 Å². The second-order valence-electron chi connectivity index (χ2n) is 5.06. The molecule has 0 aliphatic rings. The lowest BCUT2D eigenvalue weighted by Gasteiger charge is -2.19. The molecule has 0 fully saturated rings. The molecule has 4 nitrogen and oxygen atoms in total. The van der Waals surface area contributed by atoms with Gasteiger partial charge in [0, 0.05) is 24.5 Å². The fourth-order valence-electron chi connectivity index (χ4n) is 2.22. The Labute approximate surface area is 122 Å². The minimum atomic E-state index is -0.114. The number of pyridine rings is 1. The van der Waals surface area contributed by atoms with E-state index in [0.29, 0.717) is 18.3 Å². The Bertz CT molecular complexity index is 406. The molecule has 1 atom stereocenters. The predicted octanol–water partition coefficient (Wildman–Crippen LogP) is 3.60. The maximum atomic E-state index is 11.8. The molecule has 0 bridgehead atoms. The number of unbranched alkanes of at least 4 members (excludes halogenated alkanes) is 1. The van der Waals surface area contributed by atoms with Crippen molar-refractivity contribution >= 4 is 11.6 Å². The number of nitrogens with one attached hydrogen (secondary N) is 2. The predicted molar refractivity (Wildman–Crippen MR) is 84.1 cm³/mol. The Morgan fingerprint density at radius 1 is 1.25 bits per heavy atom. The molecule has 0 aliphatic carbocycles. The van der Waals surface area contributed by atoms with E-state index in [9.17, 15) is 4.79 Å². The Kier molecular flexibility index (Phi) is 7.70. The molecule has 0 spiro atoms. The highest BCUT2D eigenvalue weighted by molar-refractivity contribution is 5.93. The molecule has 0 saturated heterocycles. The molecule has 0 aliphatic heterocycles. The SMILES string of the molecule is CCCCC(CCC)Nc1ccnc(C(=O)NCC)c1. The van der Waals surface area contributed by atoms with Gasteiger partial charge in [-0.2, -0.15) is 0 Å². The van der Waals surface area contributed by atoms with Crippen LogP contribution in [0.2, 0.25) is 0 Å². The van der Waals surface area contributed by atoms with Gasteiger partial charge in [-0.05, 0) is 31.9 Å². The van der Waals surface area contributed by atoms with Crippen molar-refractivity contribution in [2.75, 3.05) is 11.9 Å². The van der Waals surface area contributed by atoms with E-state index in [-0.39, 0.29) is 5.91 Å². The van der Waals surface area contributed by atoms with Gasteiger partial charge in [0.2, 0.25) is 0 Å². The first kappa shape index (κ1) is 16.5. The summed E-state index contributed by atoms with van der Waals surface area (Å²) < 4.78 is 0. The fourth-order valence-corrected chi connectivity index (χ4v) is 2.22. The van der Waals surface area contributed by atoms with E-state index < -0.39 is 0 Å². The highest BCUT2D eigenvalue weighted by atomic mass is 16.1. The average Bonchev–Trinajstić information content (AvgIpc) is 2.45. The summed E-state index contributed by atoms with van der Waals surface area (Å²) in [7, 11) is 0. The highest BCUT2D eigenvalue weighted by Crippen LogP contribution is 2.15. The first-order valence-corrected chi connectivity index (χ1v) is 7.72. The highest BCUT2D eigenvalue weighted by Gasteiger charge is 2.10. The third kappa shape index (κ3) is 5.59. The van der Waals surface area contributed by atoms with Crippen LogP contribution < -0.4 is 10.6 Å². The Hall–Kier alpha value is -1.58. The normalized spacial score (nSPS) is 11.9. The van der Waals surface area contributed by atoms with Gasteiger partial charge in [-0.15, -0.1) is 0 Å². The molecule has 2 N–H and O–H groups in total. The summed E-state index contributed by atoms with van der Waals surface area (Å²) in [6.07, 6.45) is 7.61. The molecular weight excluding hydrogens is 250 g/mol. The third-order valence-electron chi connectivity index (χ3n) is 3.24. The summed E-state index contributed by atoms with van der Waals surface area (Å²) in [5, 5.41) is 6.30. The number of hydrogen-bond donors (Lipinski definition) is 2. The first-order chi connectivity index (χ1) is 9.71. The molecule has 1 unspecified atom stereocenters. The van der Waals surface area contributed by atoms with Crippen LogP contribution in [0.4, 0.5) is 5.69 Å². The minimum Gasteiger partial charge on any atom is -0.382 e. The van der Waals surface area contributed by atoms with Crippen molar-refractivity contribution in [1.29, 1.82) is 0 Å². The summed E-state index contributed by atoms with van der Waals surface area (Å²) in [5.74, 6) is -0.114. The second kappa shape index (κ2) is 9.34. The Balaban J connectivity index is 2.69. The molecule has 1 amide bonds. The van der Waals surface area contributed by atoms with Gasteiger partial charge >= 0.3 is 0 Å². The summed E-state index contributed by atoms with van der Waals surface area (Å²) in [5.41, 5.74) is 1.46. The lowest BCUT2D eigenvalue weighted by Crippen LogP contribution is -2.24. The monoisotopic (exact) mass is 277 g/mol. The first-order valence-electron chi connectivity index (χ1n) is 7.72. The molecule has 112 valence electrons. The number of anilines is 1. The maximum absolute atomic E-state index is 11.8. The smallest absolute Gasteiger partial charge is 0.269 e. The molecule has 4 heteroatoms. The average molecular weight is 277 g/mol. The van der Waals surface area contributed by atoms with Crippen molar-refractivity contribution in [1.82, 2.24) is 10.3 Å². The van der Waals surface area contributed by atoms with Crippen LogP contribution in [0.3, 0.4) is 0 Å². The van der Waals surface area contributed by atoms with Crippen LogP contribution in [-0.2, 0) is 0 Å². The van der Waals surface area contributed by atoms with Crippen LogP contribution >= 0.6 is 0 Å². The van der Waals surface area contributed by atoms with E-state index in [1.807, 2.05) is 19.1 Å². The molecule has 1 heterocycles. The minimum absolute atomic E-state index is 0.114. The van der Waals surface area contributed by atoms with Crippen molar-refractivity contribution < 1.29 is 4.79 Å². The van der Waals surface area contributed by atoms with Gasteiger partial charge < -0.3 is 10.6 Å². The number of carbonyl (C=O) groups is 1. The number of hydrogen-bond acceptors (Lipinski definition) is 3. The van der Waals surface area contributed by atoms with E-state index in [1.165, 1.54) is 19.3 Å². The molecule has 1 aromatic heterocycles. The zero-order chi connectivity index (χ0) is 14.8. The van der Waals surface area contributed by atoms with Gasteiger partial charge in [0.15, 0.2) is 0 Å². The molecule has 0 saturated carbocycles. The standard InChI is InChI=1S/C16H27N3O/c1-4-7-9-13(8-5-2)19-14-10-11-18-15(12-14)16(20)17-6-3/h10-13H,4-9H2,1-3H3,(H,17,20)(H,18,19). The van der Waals surface area contributed by atoms with Crippen LogP contribution in [0.5, 0.6) is 0 Å². The van der Waals surface area contributed by atoms with Gasteiger partial charge in [0.1, 0.15) is 5.69 Å². The van der Waals surface area contributed by atoms with Crippen molar-refractivity contribution in [2.24, 2.45) is 0 Å². The van der Waals surface area contributed by atoms with Crippen LogP contribution in [0.1, 0.15) is 63.4 Å². The summed E-state index contributed by atoms with van der Waals surface area (Å²) >= 11 is 0. The zero-order valence-electron chi connectivity index (χ0n) is 12.9. The quantitative estimate of drug-likeness (QED) is 0.725. The van der Waals surface area contributed by atoms with E-state index >= 15 is 0 Å². The summed E-state index contributed by atoms with van der Waals surface area (Å²) in [4.78, 5) is 15.9. The molecule has 0 aromatic carbocycles. The maximum Gasteiger partial charge on any atom is 0.269 e. The van der Waals surface area contributed by atoms with Crippen molar-refractivity contribution in [3.63, 3.8) is 0 Å². The van der Waals surface area contributed by atoms with Crippen molar-refractivity contribution in [3.05, 3.63) is 24.0 Å². The zero-order valence-corrected chi connectivity index (χ0v) is 12.9. The fraction of sp³-hybridized carbons (Fsp3) is 0.625. The topological polar surface area (TPSA) is 54.0 Å².